The van der Waals surface area contributed by atoms with Crippen molar-refractivity contribution in [1.29, 1.82) is 0 Å². The number of nitrogens with zero attached hydrogens (tertiary/aromatic N) is 3. The zero-order valence-electron chi connectivity index (χ0n) is 15.4. The van der Waals surface area contributed by atoms with Gasteiger partial charge in [0.2, 0.25) is 11.8 Å². The second kappa shape index (κ2) is 8.90. The summed E-state index contributed by atoms with van der Waals surface area (Å²) >= 11 is 1.37. The van der Waals surface area contributed by atoms with E-state index in [4.69, 9.17) is 4.74 Å². The molecule has 144 valence electrons. The highest BCUT2D eigenvalue weighted by atomic mass is 32.2. The van der Waals surface area contributed by atoms with Gasteiger partial charge in [-0.1, -0.05) is 18.2 Å². The van der Waals surface area contributed by atoms with Crippen molar-refractivity contribution in [3.63, 3.8) is 0 Å². The zero-order valence-corrected chi connectivity index (χ0v) is 16.3. The first kappa shape index (κ1) is 19.2. The Hall–Kier alpha value is -2.55. The highest BCUT2D eigenvalue weighted by molar-refractivity contribution is 7.99. The number of aryl methyl sites for hydroxylation is 1. The van der Waals surface area contributed by atoms with Crippen molar-refractivity contribution in [1.82, 2.24) is 14.8 Å². The smallest absolute Gasteiger partial charge is 0.234 e. The van der Waals surface area contributed by atoms with Crippen LogP contribution in [0, 0.1) is 0 Å². The molecule has 0 spiro atoms. The van der Waals surface area contributed by atoms with Crippen LogP contribution in [0.5, 0.6) is 5.75 Å². The van der Waals surface area contributed by atoms with E-state index in [1.165, 1.54) is 32.2 Å². The molecule has 1 aliphatic rings. The Morgan fingerprint density at radius 3 is 2.85 bits per heavy atom. The lowest BCUT2D eigenvalue weighted by Crippen LogP contribution is -2.16. The Balaban J connectivity index is 1.64. The molecule has 2 aromatic rings. The number of fused-ring (bicyclic) bond motifs is 1. The van der Waals surface area contributed by atoms with Gasteiger partial charge in [0, 0.05) is 25.6 Å². The summed E-state index contributed by atoms with van der Waals surface area (Å²) in [7, 11) is 1.53. The number of anilines is 2. The summed E-state index contributed by atoms with van der Waals surface area (Å²) in [4.78, 5) is 23.6. The molecule has 0 saturated heterocycles. The third kappa shape index (κ3) is 5.00. The van der Waals surface area contributed by atoms with Gasteiger partial charge in [0.15, 0.2) is 5.16 Å². The van der Waals surface area contributed by atoms with Gasteiger partial charge in [-0.3, -0.25) is 9.59 Å². The lowest BCUT2D eigenvalue weighted by molar-refractivity contribution is -0.114. The third-order valence-corrected chi connectivity index (χ3v) is 5.17. The van der Waals surface area contributed by atoms with Gasteiger partial charge in [-0.2, -0.15) is 0 Å². The van der Waals surface area contributed by atoms with Gasteiger partial charge in [0.25, 0.3) is 0 Å². The summed E-state index contributed by atoms with van der Waals surface area (Å²) in [6, 6.07) is 5.09. The molecule has 3 rings (SSSR count). The van der Waals surface area contributed by atoms with E-state index < -0.39 is 0 Å². The molecule has 27 heavy (non-hydrogen) atoms. The average molecular weight is 389 g/mol. The van der Waals surface area contributed by atoms with Crippen LogP contribution in [0.2, 0.25) is 0 Å². The molecule has 1 aromatic carbocycles. The van der Waals surface area contributed by atoms with Crippen molar-refractivity contribution < 1.29 is 14.3 Å². The van der Waals surface area contributed by atoms with Gasteiger partial charge in [-0.15, -0.1) is 10.2 Å². The monoisotopic (exact) mass is 389 g/mol. The zero-order chi connectivity index (χ0) is 19.2. The summed E-state index contributed by atoms with van der Waals surface area (Å²) in [6.45, 7) is 2.33. The van der Waals surface area contributed by atoms with E-state index in [-0.39, 0.29) is 17.6 Å². The first-order valence-corrected chi connectivity index (χ1v) is 9.85. The van der Waals surface area contributed by atoms with E-state index >= 15 is 0 Å². The minimum atomic E-state index is -0.180. The van der Waals surface area contributed by atoms with Gasteiger partial charge >= 0.3 is 0 Å². The maximum Gasteiger partial charge on any atom is 0.234 e. The fourth-order valence-electron chi connectivity index (χ4n) is 2.97. The predicted octanol–water partition coefficient (Wildman–Crippen LogP) is 2.70. The molecule has 2 N–H and O–H groups in total. The first-order valence-electron chi connectivity index (χ1n) is 8.87. The molecule has 0 atom stereocenters. The number of rotatable bonds is 6. The molecule has 2 amide bonds. The molecule has 0 saturated carbocycles. The Bertz CT molecular complexity index is 836. The summed E-state index contributed by atoms with van der Waals surface area (Å²) in [5.74, 6) is 1.38. The van der Waals surface area contributed by atoms with E-state index in [1.54, 1.807) is 18.2 Å². The fraction of sp³-hybridized carbons (Fsp3) is 0.444. The summed E-state index contributed by atoms with van der Waals surface area (Å²) < 4.78 is 7.40. The van der Waals surface area contributed by atoms with Gasteiger partial charge in [-0.25, -0.2) is 0 Å². The fourth-order valence-corrected chi connectivity index (χ4v) is 3.75. The summed E-state index contributed by atoms with van der Waals surface area (Å²) in [6.07, 6.45) is 4.37. The molecule has 0 bridgehead atoms. The molecule has 2 heterocycles. The van der Waals surface area contributed by atoms with Crippen molar-refractivity contribution in [2.24, 2.45) is 0 Å². The average Bonchev–Trinajstić information content (AvgIpc) is 2.86. The van der Waals surface area contributed by atoms with Crippen molar-refractivity contribution >= 4 is 35.0 Å². The molecule has 0 unspecified atom stereocenters. The van der Waals surface area contributed by atoms with E-state index in [0.717, 1.165) is 36.8 Å². The summed E-state index contributed by atoms with van der Waals surface area (Å²) in [5.41, 5.74) is 1.10. The number of carbonyl (C=O) groups excluding carboxylic acids is 2. The van der Waals surface area contributed by atoms with E-state index in [1.807, 2.05) is 0 Å². The number of nitrogens with one attached hydrogen (secondary N) is 2. The molecule has 1 aliphatic heterocycles. The van der Waals surface area contributed by atoms with Gasteiger partial charge < -0.3 is 19.9 Å². The molecule has 0 aliphatic carbocycles. The second-order valence-electron chi connectivity index (χ2n) is 6.29. The van der Waals surface area contributed by atoms with Crippen LogP contribution in [0.3, 0.4) is 0 Å². The van der Waals surface area contributed by atoms with Crippen molar-refractivity contribution in [3.8, 4) is 5.75 Å². The van der Waals surface area contributed by atoms with Crippen molar-refractivity contribution in [2.45, 2.75) is 44.3 Å². The van der Waals surface area contributed by atoms with Crippen LogP contribution < -0.4 is 15.4 Å². The van der Waals surface area contributed by atoms with E-state index in [9.17, 15) is 9.59 Å². The van der Waals surface area contributed by atoms with Crippen LogP contribution in [0.15, 0.2) is 23.4 Å². The van der Waals surface area contributed by atoms with Crippen LogP contribution in [0.25, 0.3) is 0 Å². The Kier molecular flexibility index (Phi) is 6.33. The van der Waals surface area contributed by atoms with Crippen molar-refractivity contribution in [3.05, 3.63) is 24.0 Å². The van der Waals surface area contributed by atoms with Gasteiger partial charge in [0.1, 0.15) is 11.6 Å². The Morgan fingerprint density at radius 1 is 1.22 bits per heavy atom. The Labute approximate surface area is 162 Å². The predicted molar refractivity (Wildman–Crippen MR) is 104 cm³/mol. The third-order valence-electron chi connectivity index (χ3n) is 4.20. The number of aromatic nitrogens is 3. The van der Waals surface area contributed by atoms with Crippen LogP contribution in [0.4, 0.5) is 11.4 Å². The summed E-state index contributed by atoms with van der Waals surface area (Å²) in [5, 5.41) is 14.8. The molecular formula is C18H23N5O3S. The molecule has 8 nitrogen and oxygen atoms in total. The first-order chi connectivity index (χ1) is 13.1. The lowest BCUT2D eigenvalue weighted by Gasteiger charge is -2.12. The van der Waals surface area contributed by atoms with E-state index in [0.29, 0.717) is 17.1 Å². The van der Waals surface area contributed by atoms with Crippen LogP contribution in [-0.4, -0.2) is 39.4 Å². The highest BCUT2D eigenvalue weighted by Gasteiger charge is 2.17. The number of benzene rings is 1. The number of amides is 2. The van der Waals surface area contributed by atoms with Crippen LogP contribution in [0.1, 0.15) is 32.0 Å². The lowest BCUT2D eigenvalue weighted by atomic mass is 10.2. The number of hydrogen-bond donors (Lipinski definition) is 2. The minimum Gasteiger partial charge on any atom is -0.495 e. The van der Waals surface area contributed by atoms with Gasteiger partial charge in [-0.05, 0) is 31.0 Å². The van der Waals surface area contributed by atoms with Gasteiger partial charge in [0.05, 0.1) is 18.6 Å². The maximum atomic E-state index is 12.4. The normalized spacial score (nSPS) is 13.4. The number of methoxy groups -OCH3 is 1. The number of carbonyl (C=O) groups is 2. The quantitative estimate of drug-likeness (QED) is 0.737. The number of hydrogen-bond acceptors (Lipinski definition) is 6. The highest BCUT2D eigenvalue weighted by Crippen LogP contribution is 2.28. The SMILES string of the molecule is COc1ccc(NC(C)=O)cc1NC(=O)CSc1nnc2n1CCCCC2. The largest absolute Gasteiger partial charge is 0.495 e. The molecule has 0 radical (unpaired) electrons. The molecule has 1 aromatic heterocycles. The van der Waals surface area contributed by atoms with Crippen LogP contribution >= 0.6 is 11.8 Å². The van der Waals surface area contributed by atoms with E-state index in [2.05, 4.69) is 25.4 Å². The number of ether oxygens (including phenoxy) is 1. The van der Waals surface area contributed by atoms with Crippen molar-refractivity contribution in [2.75, 3.05) is 23.5 Å². The Morgan fingerprint density at radius 2 is 2.07 bits per heavy atom. The minimum absolute atomic E-state index is 0.177. The molecule has 0 fully saturated rings. The molecule has 9 heteroatoms. The molecular weight excluding hydrogens is 366 g/mol. The number of thioether (sulfide) groups is 1. The van der Waals surface area contributed by atoms with Crippen LogP contribution in [-0.2, 0) is 22.6 Å². The maximum absolute atomic E-state index is 12.4. The second-order valence-corrected chi connectivity index (χ2v) is 7.24. The topological polar surface area (TPSA) is 98.1 Å². The standard InChI is InChI=1S/C18H23N5O3S/c1-12(24)19-13-7-8-15(26-2)14(10-13)20-17(25)11-27-18-22-21-16-6-4-3-5-9-23(16)18/h7-8,10H,3-6,9,11H2,1-2H3,(H,19,24)(H,20,25).